The van der Waals surface area contributed by atoms with Gasteiger partial charge in [-0.3, -0.25) is 0 Å². The van der Waals surface area contributed by atoms with Crippen LogP contribution in [0.5, 0.6) is 5.75 Å². The number of hydrogen-bond acceptors (Lipinski definition) is 3. The van der Waals surface area contributed by atoms with Crippen LogP contribution in [0.4, 0.5) is 4.39 Å². The fraction of sp³-hybridized carbons (Fsp3) is 0.222. The third-order valence-corrected chi connectivity index (χ3v) is 2.21. The summed E-state index contributed by atoms with van der Waals surface area (Å²) in [5.74, 6) is -1.71. The first-order valence-electron chi connectivity index (χ1n) is 3.81. The average Bonchev–Trinajstić information content (AvgIpc) is 2.16. The van der Waals surface area contributed by atoms with Gasteiger partial charge in [-0.2, -0.15) is 0 Å². The highest BCUT2D eigenvalue weighted by atomic mass is 32.2. The Balaban J connectivity index is 2.78. The molecule has 76 valence electrons. The van der Waals surface area contributed by atoms with Crippen molar-refractivity contribution in [2.45, 2.75) is 4.90 Å². The molecule has 0 atom stereocenters. The molecule has 5 heteroatoms. The molecule has 0 fully saturated rings. The number of ether oxygens (including phenoxy) is 1. The van der Waals surface area contributed by atoms with Gasteiger partial charge in [0, 0.05) is 4.90 Å². The van der Waals surface area contributed by atoms with Crippen LogP contribution in [-0.2, 0) is 4.79 Å². The van der Waals surface area contributed by atoms with Gasteiger partial charge in [0.1, 0.15) is 0 Å². The van der Waals surface area contributed by atoms with Gasteiger partial charge in [-0.05, 0) is 24.5 Å². The zero-order valence-corrected chi connectivity index (χ0v) is 8.31. The van der Waals surface area contributed by atoms with Gasteiger partial charge < -0.3 is 9.84 Å². The molecule has 0 bridgehead atoms. The molecule has 0 saturated heterocycles. The van der Waals surface area contributed by atoms with Crippen molar-refractivity contribution in [1.82, 2.24) is 0 Å². The van der Waals surface area contributed by atoms with Crippen LogP contribution in [0.1, 0.15) is 0 Å². The zero-order valence-electron chi connectivity index (χ0n) is 7.49. The first kappa shape index (κ1) is 10.8. The zero-order chi connectivity index (χ0) is 10.6. The van der Waals surface area contributed by atoms with E-state index < -0.39 is 18.4 Å². The predicted octanol–water partition coefficient (Wildman–Crippen LogP) is 2.01. The van der Waals surface area contributed by atoms with E-state index in [1.165, 1.54) is 23.9 Å². The normalized spacial score (nSPS) is 9.86. The summed E-state index contributed by atoms with van der Waals surface area (Å²) in [6, 6.07) is 4.33. The SMILES string of the molecule is CSc1ccc(F)c(OCC(=O)O)c1. The molecule has 0 aliphatic rings. The van der Waals surface area contributed by atoms with E-state index in [0.29, 0.717) is 0 Å². The molecule has 0 heterocycles. The molecule has 1 aromatic rings. The number of aliphatic carboxylic acids is 1. The Kier molecular flexibility index (Phi) is 3.76. The van der Waals surface area contributed by atoms with E-state index in [1.807, 2.05) is 6.26 Å². The summed E-state index contributed by atoms with van der Waals surface area (Å²) < 4.78 is 17.8. The first-order valence-corrected chi connectivity index (χ1v) is 5.04. The van der Waals surface area contributed by atoms with Crippen molar-refractivity contribution in [2.24, 2.45) is 0 Å². The van der Waals surface area contributed by atoms with Crippen molar-refractivity contribution >= 4 is 17.7 Å². The Morgan fingerprint density at radius 1 is 1.64 bits per heavy atom. The van der Waals surface area contributed by atoms with Crippen LogP contribution >= 0.6 is 11.8 Å². The third-order valence-electron chi connectivity index (χ3n) is 1.49. The Hall–Kier alpha value is -1.23. The minimum Gasteiger partial charge on any atom is -0.479 e. The Morgan fingerprint density at radius 3 is 2.93 bits per heavy atom. The maximum atomic E-state index is 13.0. The highest BCUT2D eigenvalue weighted by Gasteiger charge is 2.06. The number of halogens is 1. The lowest BCUT2D eigenvalue weighted by atomic mass is 10.3. The quantitative estimate of drug-likeness (QED) is 0.782. The second-order valence-electron chi connectivity index (χ2n) is 2.48. The second kappa shape index (κ2) is 4.85. The van der Waals surface area contributed by atoms with Crippen LogP contribution in [0.25, 0.3) is 0 Å². The summed E-state index contributed by atoms with van der Waals surface area (Å²) in [4.78, 5) is 11.0. The van der Waals surface area contributed by atoms with Gasteiger partial charge in [0.15, 0.2) is 18.2 Å². The fourth-order valence-corrected chi connectivity index (χ4v) is 1.29. The van der Waals surface area contributed by atoms with Gasteiger partial charge in [-0.1, -0.05) is 0 Å². The maximum absolute atomic E-state index is 13.0. The van der Waals surface area contributed by atoms with Crippen molar-refractivity contribution < 1.29 is 19.0 Å². The molecular formula is C9H9FO3S. The molecule has 1 N–H and O–H groups in total. The summed E-state index contributed by atoms with van der Waals surface area (Å²) in [6.45, 7) is -0.533. The molecule has 1 aromatic carbocycles. The number of carboxylic acid groups (broad SMARTS) is 1. The lowest BCUT2D eigenvalue weighted by Crippen LogP contribution is -2.10. The third kappa shape index (κ3) is 2.92. The van der Waals surface area contributed by atoms with Crippen LogP contribution in [0, 0.1) is 5.82 Å². The molecule has 3 nitrogen and oxygen atoms in total. The van der Waals surface area contributed by atoms with Gasteiger partial charge in [-0.25, -0.2) is 9.18 Å². The van der Waals surface area contributed by atoms with Gasteiger partial charge in [0.05, 0.1) is 0 Å². The highest BCUT2D eigenvalue weighted by Crippen LogP contribution is 2.24. The van der Waals surface area contributed by atoms with E-state index in [1.54, 1.807) is 6.07 Å². The largest absolute Gasteiger partial charge is 0.479 e. The summed E-state index contributed by atoms with van der Waals surface area (Å²) >= 11 is 1.43. The monoisotopic (exact) mass is 216 g/mol. The number of carbonyl (C=O) groups is 1. The minimum atomic E-state index is -1.13. The maximum Gasteiger partial charge on any atom is 0.341 e. The van der Waals surface area contributed by atoms with Gasteiger partial charge >= 0.3 is 5.97 Å². The molecule has 14 heavy (non-hydrogen) atoms. The first-order chi connectivity index (χ1) is 6.63. The van der Waals surface area contributed by atoms with E-state index in [0.717, 1.165) is 4.90 Å². The smallest absolute Gasteiger partial charge is 0.341 e. The molecule has 0 radical (unpaired) electrons. The molecule has 0 aromatic heterocycles. The van der Waals surface area contributed by atoms with E-state index in [-0.39, 0.29) is 5.75 Å². The van der Waals surface area contributed by atoms with E-state index in [2.05, 4.69) is 0 Å². The predicted molar refractivity (Wildman–Crippen MR) is 51.3 cm³/mol. The minimum absolute atomic E-state index is 0.0285. The second-order valence-corrected chi connectivity index (χ2v) is 3.36. The molecule has 0 aliphatic carbocycles. The summed E-state index contributed by atoms with van der Waals surface area (Å²) in [5, 5.41) is 8.34. The summed E-state index contributed by atoms with van der Waals surface area (Å²) in [7, 11) is 0. The van der Waals surface area contributed by atoms with Crippen LogP contribution in [-0.4, -0.2) is 23.9 Å². The lowest BCUT2D eigenvalue weighted by molar-refractivity contribution is -0.139. The topological polar surface area (TPSA) is 46.5 Å². The van der Waals surface area contributed by atoms with Crippen LogP contribution in [0.15, 0.2) is 23.1 Å². The van der Waals surface area contributed by atoms with Crippen molar-refractivity contribution in [3.63, 3.8) is 0 Å². The molecular weight excluding hydrogens is 207 g/mol. The Bertz CT molecular complexity index is 341. The standard InChI is InChI=1S/C9H9FO3S/c1-14-6-2-3-7(10)8(4-6)13-5-9(11)12/h2-4H,5H2,1H3,(H,11,12). The lowest BCUT2D eigenvalue weighted by Gasteiger charge is -2.05. The Morgan fingerprint density at radius 2 is 2.36 bits per heavy atom. The van der Waals surface area contributed by atoms with Crippen LogP contribution in [0.3, 0.4) is 0 Å². The van der Waals surface area contributed by atoms with E-state index >= 15 is 0 Å². The van der Waals surface area contributed by atoms with Gasteiger partial charge in [0.2, 0.25) is 0 Å². The molecule has 0 spiro atoms. The van der Waals surface area contributed by atoms with Crippen molar-refractivity contribution in [1.29, 1.82) is 0 Å². The van der Waals surface area contributed by atoms with E-state index in [9.17, 15) is 9.18 Å². The number of hydrogen-bond donors (Lipinski definition) is 1. The fourth-order valence-electron chi connectivity index (χ4n) is 0.861. The average molecular weight is 216 g/mol. The molecule has 0 amide bonds. The molecule has 0 unspecified atom stereocenters. The number of carboxylic acids is 1. The van der Waals surface area contributed by atoms with E-state index in [4.69, 9.17) is 9.84 Å². The molecule has 1 rings (SSSR count). The van der Waals surface area contributed by atoms with Gasteiger partial charge in [-0.15, -0.1) is 11.8 Å². The highest BCUT2D eigenvalue weighted by molar-refractivity contribution is 7.98. The summed E-state index contributed by atoms with van der Waals surface area (Å²) in [6.07, 6.45) is 1.84. The van der Waals surface area contributed by atoms with Gasteiger partial charge in [0.25, 0.3) is 0 Å². The van der Waals surface area contributed by atoms with Crippen molar-refractivity contribution in [3.05, 3.63) is 24.0 Å². The van der Waals surface area contributed by atoms with Crippen molar-refractivity contribution in [3.8, 4) is 5.75 Å². The number of rotatable bonds is 4. The number of benzene rings is 1. The summed E-state index contributed by atoms with van der Waals surface area (Å²) in [5.41, 5.74) is 0. The van der Waals surface area contributed by atoms with Crippen LogP contribution < -0.4 is 4.74 Å². The number of thioether (sulfide) groups is 1. The van der Waals surface area contributed by atoms with Crippen LogP contribution in [0.2, 0.25) is 0 Å². The molecule has 0 aliphatic heterocycles. The Labute approximate surface area is 84.9 Å². The van der Waals surface area contributed by atoms with Crippen molar-refractivity contribution in [2.75, 3.05) is 12.9 Å². The molecule has 0 saturated carbocycles.